The molecule has 1 amide bonds. The first-order chi connectivity index (χ1) is 11.3. The maximum atomic E-state index is 11.7. The van der Waals surface area contributed by atoms with Crippen molar-refractivity contribution in [1.82, 2.24) is 4.90 Å². The summed E-state index contributed by atoms with van der Waals surface area (Å²) in [6, 6.07) is 9.37. The molecule has 1 fully saturated rings. The van der Waals surface area contributed by atoms with Crippen molar-refractivity contribution >= 4 is 12.1 Å². The number of hydrogen-bond acceptors (Lipinski definition) is 4. The van der Waals surface area contributed by atoms with Crippen molar-refractivity contribution in [2.24, 2.45) is 0 Å². The van der Waals surface area contributed by atoms with E-state index < -0.39 is 17.8 Å². The topological polar surface area (TPSA) is 76.1 Å². The third-order valence-electron chi connectivity index (χ3n) is 4.10. The van der Waals surface area contributed by atoms with Gasteiger partial charge in [0, 0.05) is 6.08 Å². The molecule has 1 aromatic rings. The molecular formula is C18H23NO5. The van der Waals surface area contributed by atoms with Crippen LogP contribution in [0, 0.1) is 0 Å². The Morgan fingerprint density at radius 1 is 1.33 bits per heavy atom. The quantitative estimate of drug-likeness (QED) is 0.662. The molecule has 0 bridgehead atoms. The van der Waals surface area contributed by atoms with Gasteiger partial charge in [-0.25, -0.2) is 9.59 Å². The second-order valence-corrected chi connectivity index (χ2v) is 6.17. The van der Waals surface area contributed by atoms with E-state index in [1.165, 1.54) is 18.1 Å². The highest BCUT2D eigenvalue weighted by molar-refractivity contribution is 5.81. The number of carboxylic acid groups (broad SMARTS) is 1. The van der Waals surface area contributed by atoms with Crippen molar-refractivity contribution in [3.63, 3.8) is 0 Å². The second kappa shape index (κ2) is 7.49. The van der Waals surface area contributed by atoms with Crippen LogP contribution in [-0.2, 0) is 20.7 Å². The summed E-state index contributed by atoms with van der Waals surface area (Å²) in [4.78, 5) is 24.3. The molecule has 0 aromatic heterocycles. The molecule has 0 radical (unpaired) electrons. The van der Waals surface area contributed by atoms with Crippen LogP contribution in [-0.4, -0.2) is 47.0 Å². The lowest BCUT2D eigenvalue weighted by atomic mass is 9.98. The maximum absolute atomic E-state index is 11.7. The molecule has 1 aliphatic heterocycles. The molecule has 2 rings (SSSR count). The van der Waals surface area contributed by atoms with Gasteiger partial charge in [0.05, 0.1) is 19.3 Å². The average Bonchev–Trinajstić information content (AvgIpc) is 2.78. The van der Waals surface area contributed by atoms with Crippen LogP contribution in [0.4, 0.5) is 4.79 Å². The van der Waals surface area contributed by atoms with Crippen LogP contribution >= 0.6 is 0 Å². The largest absolute Gasteiger partial charge is 0.466 e. The van der Waals surface area contributed by atoms with Gasteiger partial charge in [-0.2, -0.15) is 0 Å². The molecule has 0 aliphatic carbocycles. The molecule has 2 atom stereocenters. The minimum Gasteiger partial charge on any atom is -0.466 e. The monoisotopic (exact) mass is 333 g/mol. The highest BCUT2D eigenvalue weighted by atomic mass is 16.6. The normalized spacial score (nSPS) is 22.7. The van der Waals surface area contributed by atoms with Crippen molar-refractivity contribution < 1.29 is 24.2 Å². The van der Waals surface area contributed by atoms with E-state index >= 15 is 0 Å². The molecule has 0 spiro atoms. The predicted octanol–water partition coefficient (Wildman–Crippen LogP) is 2.83. The van der Waals surface area contributed by atoms with E-state index in [9.17, 15) is 14.7 Å². The summed E-state index contributed by atoms with van der Waals surface area (Å²) in [5.74, 6) is -0.443. The van der Waals surface area contributed by atoms with Crippen LogP contribution < -0.4 is 0 Å². The Labute approximate surface area is 141 Å². The van der Waals surface area contributed by atoms with Crippen molar-refractivity contribution in [3.05, 3.63) is 48.0 Å². The number of esters is 1. The molecule has 1 aliphatic rings. The van der Waals surface area contributed by atoms with Crippen molar-refractivity contribution in [2.45, 2.75) is 44.6 Å². The summed E-state index contributed by atoms with van der Waals surface area (Å²) in [6.07, 6.45) is 2.63. The Hall–Kier alpha value is -2.34. The van der Waals surface area contributed by atoms with Crippen LogP contribution in [0.3, 0.4) is 0 Å². The fourth-order valence-electron chi connectivity index (χ4n) is 3.09. The molecule has 24 heavy (non-hydrogen) atoms. The fourth-order valence-corrected chi connectivity index (χ4v) is 3.09. The predicted molar refractivity (Wildman–Crippen MR) is 88.5 cm³/mol. The highest BCUT2D eigenvalue weighted by Gasteiger charge is 2.49. The zero-order chi connectivity index (χ0) is 17.7. The first-order valence-corrected chi connectivity index (χ1v) is 7.83. The van der Waals surface area contributed by atoms with Crippen LogP contribution in [0.1, 0.15) is 25.8 Å². The summed E-state index contributed by atoms with van der Waals surface area (Å²) in [6.45, 7) is 3.48. The number of carbonyl (C=O) groups is 2. The van der Waals surface area contributed by atoms with Crippen molar-refractivity contribution in [2.75, 3.05) is 7.11 Å². The van der Waals surface area contributed by atoms with Gasteiger partial charge in [0.2, 0.25) is 0 Å². The zero-order valence-corrected chi connectivity index (χ0v) is 14.1. The summed E-state index contributed by atoms with van der Waals surface area (Å²) >= 11 is 0. The van der Waals surface area contributed by atoms with Crippen LogP contribution in [0.15, 0.2) is 42.5 Å². The Morgan fingerprint density at radius 3 is 2.58 bits per heavy atom. The van der Waals surface area contributed by atoms with Crippen molar-refractivity contribution in [3.8, 4) is 0 Å². The van der Waals surface area contributed by atoms with E-state index in [4.69, 9.17) is 4.74 Å². The Morgan fingerprint density at radius 2 is 2.00 bits per heavy atom. The van der Waals surface area contributed by atoms with Gasteiger partial charge in [-0.15, -0.1) is 0 Å². The molecule has 1 N–H and O–H groups in total. The van der Waals surface area contributed by atoms with Gasteiger partial charge in [-0.3, -0.25) is 4.90 Å². The van der Waals surface area contributed by atoms with E-state index in [0.717, 1.165) is 5.56 Å². The van der Waals surface area contributed by atoms with Gasteiger partial charge in [0.1, 0.15) is 5.72 Å². The first kappa shape index (κ1) is 18.0. The Bertz CT molecular complexity index is 611. The standard InChI is InChI=1S/C18H23NO5/c1-18(2)19(17(21)22)14(12-13-8-5-4-6-9-13)15(24-18)10-7-11-16(20)23-3/h4-9,11,14-15H,10,12H2,1-3H3,(H,21,22)/b11-7+. The molecule has 2 unspecified atom stereocenters. The van der Waals surface area contributed by atoms with E-state index in [-0.39, 0.29) is 12.1 Å². The molecule has 6 nitrogen and oxygen atoms in total. The maximum Gasteiger partial charge on any atom is 0.409 e. The third-order valence-corrected chi connectivity index (χ3v) is 4.10. The van der Waals surface area contributed by atoms with Gasteiger partial charge < -0.3 is 14.6 Å². The lowest BCUT2D eigenvalue weighted by Crippen LogP contribution is -2.48. The Kier molecular flexibility index (Phi) is 5.62. The number of ether oxygens (including phenoxy) is 2. The number of methoxy groups -OCH3 is 1. The average molecular weight is 333 g/mol. The van der Waals surface area contributed by atoms with E-state index in [0.29, 0.717) is 12.8 Å². The zero-order valence-electron chi connectivity index (χ0n) is 14.1. The number of rotatable bonds is 5. The summed E-state index contributed by atoms with van der Waals surface area (Å²) < 4.78 is 10.5. The lowest BCUT2D eigenvalue weighted by Gasteiger charge is -2.31. The van der Waals surface area contributed by atoms with Crippen LogP contribution in [0.5, 0.6) is 0 Å². The van der Waals surface area contributed by atoms with E-state index in [1.54, 1.807) is 19.9 Å². The van der Waals surface area contributed by atoms with E-state index in [1.807, 2.05) is 30.3 Å². The third kappa shape index (κ3) is 4.14. The summed E-state index contributed by atoms with van der Waals surface area (Å²) in [5.41, 5.74) is 0.117. The van der Waals surface area contributed by atoms with Crippen LogP contribution in [0.2, 0.25) is 0 Å². The van der Waals surface area contributed by atoms with E-state index in [2.05, 4.69) is 4.74 Å². The molecular weight excluding hydrogens is 310 g/mol. The number of nitrogens with zero attached hydrogens (tertiary/aromatic N) is 1. The SMILES string of the molecule is COC(=O)/C=C/CC1OC(C)(C)N(C(=O)O)C1Cc1ccccc1. The minimum absolute atomic E-state index is 0.331. The summed E-state index contributed by atoms with van der Waals surface area (Å²) in [7, 11) is 1.31. The van der Waals surface area contributed by atoms with Crippen LogP contribution in [0.25, 0.3) is 0 Å². The molecule has 1 saturated heterocycles. The fraction of sp³-hybridized carbons (Fsp3) is 0.444. The van der Waals surface area contributed by atoms with Gasteiger partial charge in [-0.1, -0.05) is 36.4 Å². The molecule has 0 saturated carbocycles. The van der Waals surface area contributed by atoms with Crippen molar-refractivity contribution in [1.29, 1.82) is 0 Å². The molecule has 1 heterocycles. The minimum atomic E-state index is -1.01. The molecule has 6 heteroatoms. The number of amides is 1. The number of carbonyl (C=O) groups excluding carboxylic acids is 1. The number of benzene rings is 1. The smallest absolute Gasteiger partial charge is 0.409 e. The first-order valence-electron chi connectivity index (χ1n) is 7.83. The molecule has 1 aromatic carbocycles. The van der Waals surface area contributed by atoms with Gasteiger partial charge in [-0.05, 0) is 32.3 Å². The summed E-state index contributed by atoms with van der Waals surface area (Å²) in [5, 5.41) is 9.62. The lowest BCUT2D eigenvalue weighted by molar-refractivity contribution is -0.134. The van der Waals surface area contributed by atoms with Gasteiger partial charge >= 0.3 is 12.1 Å². The molecule has 130 valence electrons. The number of hydrogen-bond donors (Lipinski definition) is 1. The second-order valence-electron chi connectivity index (χ2n) is 6.17. The highest BCUT2D eigenvalue weighted by Crippen LogP contribution is 2.35. The Balaban J connectivity index is 2.21. The van der Waals surface area contributed by atoms with Gasteiger partial charge in [0.15, 0.2) is 0 Å². The van der Waals surface area contributed by atoms with Gasteiger partial charge in [0.25, 0.3) is 0 Å².